The van der Waals surface area contributed by atoms with Crippen LogP contribution in [-0.4, -0.2) is 65.3 Å². The molecule has 6 heteroatoms. The quantitative estimate of drug-likeness (QED) is 0.386. The highest BCUT2D eigenvalue weighted by Gasteiger charge is 2.01. The van der Waals surface area contributed by atoms with Crippen molar-refractivity contribution < 1.29 is 23.7 Å². The summed E-state index contributed by atoms with van der Waals surface area (Å²) in [5.74, 6) is 0.694. The monoisotopic (exact) mass is 347 g/mol. The summed E-state index contributed by atoms with van der Waals surface area (Å²) >= 11 is 0. The van der Waals surface area contributed by atoms with Crippen molar-refractivity contribution in [3.8, 4) is 0 Å². The van der Waals surface area contributed by atoms with Gasteiger partial charge in [0.05, 0.1) is 39.6 Å². The van der Waals surface area contributed by atoms with Gasteiger partial charge in [0.25, 0.3) is 0 Å². The molecule has 24 heavy (non-hydrogen) atoms. The lowest BCUT2D eigenvalue weighted by Crippen LogP contribution is -2.28. The van der Waals surface area contributed by atoms with Gasteiger partial charge in [-0.1, -0.05) is 27.2 Å². The Kier molecular flexibility index (Phi) is 18.1. The summed E-state index contributed by atoms with van der Waals surface area (Å²) < 4.78 is 21.5. The van der Waals surface area contributed by atoms with Gasteiger partial charge < -0.3 is 24.3 Å². The Morgan fingerprint density at radius 3 is 2.04 bits per heavy atom. The lowest BCUT2D eigenvalue weighted by molar-refractivity contribution is -0.122. The molecule has 0 saturated heterocycles. The molecular formula is C18H37NO5. The van der Waals surface area contributed by atoms with E-state index in [1.54, 1.807) is 0 Å². The van der Waals surface area contributed by atoms with Gasteiger partial charge in [0, 0.05) is 26.2 Å². The number of carbonyl (C=O) groups is 1. The van der Waals surface area contributed by atoms with Gasteiger partial charge >= 0.3 is 0 Å². The molecule has 6 nitrogen and oxygen atoms in total. The van der Waals surface area contributed by atoms with Gasteiger partial charge in [0.15, 0.2) is 0 Å². The van der Waals surface area contributed by atoms with Gasteiger partial charge in [-0.15, -0.1) is 0 Å². The molecule has 0 aromatic carbocycles. The Hall–Kier alpha value is -0.690. The van der Waals surface area contributed by atoms with Crippen molar-refractivity contribution in [1.29, 1.82) is 0 Å². The lowest BCUT2D eigenvalue weighted by atomic mass is 10.1. The SMILES string of the molecule is CCCOCCOCCOCCC(=O)NCCOCCC(C)CC. The van der Waals surface area contributed by atoms with Crippen molar-refractivity contribution in [2.24, 2.45) is 5.92 Å². The first-order valence-electron chi connectivity index (χ1n) is 9.28. The van der Waals surface area contributed by atoms with E-state index in [4.69, 9.17) is 18.9 Å². The molecule has 144 valence electrons. The smallest absolute Gasteiger partial charge is 0.222 e. The van der Waals surface area contributed by atoms with E-state index in [0.29, 0.717) is 58.5 Å². The van der Waals surface area contributed by atoms with Crippen LogP contribution in [0.1, 0.15) is 46.5 Å². The molecule has 1 N–H and O–H groups in total. The molecule has 0 aromatic heterocycles. The van der Waals surface area contributed by atoms with Gasteiger partial charge in [-0.05, 0) is 18.8 Å². The van der Waals surface area contributed by atoms with E-state index >= 15 is 0 Å². The van der Waals surface area contributed by atoms with E-state index in [2.05, 4.69) is 26.1 Å². The number of carbonyl (C=O) groups excluding carboxylic acids is 1. The van der Waals surface area contributed by atoms with Crippen LogP contribution in [0.25, 0.3) is 0 Å². The average molecular weight is 347 g/mol. The van der Waals surface area contributed by atoms with E-state index in [1.807, 2.05) is 0 Å². The fourth-order valence-electron chi connectivity index (χ4n) is 1.79. The Labute approximate surface area is 147 Å². The topological polar surface area (TPSA) is 66.0 Å². The highest BCUT2D eigenvalue weighted by atomic mass is 16.5. The van der Waals surface area contributed by atoms with Crippen molar-refractivity contribution >= 4 is 5.91 Å². The molecule has 1 amide bonds. The number of ether oxygens (including phenoxy) is 4. The number of hydrogen-bond acceptors (Lipinski definition) is 5. The first kappa shape index (κ1) is 23.3. The number of rotatable bonds is 18. The van der Waals surface area contributed by atoms with Crippen LogP contribution in [-0.2, 0) is 23.7 Å². The number of nitrogens with one attached hydrogen (secondary N) is 1. The zero-order valence-electron chi connectivity index (χ0n) is 15.8. The minimum Gasteiger partial charge on any atom is -0.380 e. The second-order valence-electron chi connectivity index (χ2n) is 5.85. The van der Waals surface area contributed by atoms with Crippen molar-refractivity contribution in [3.05, 3.63) is 0 Å². The molecule has 0 saturated carbocycles. The van der Waals surface area contributed by atoms with Crippen molar-refractivity contribution in [3.63, 3.8) is 0 Å². The third-order valence-corrected chi connectivity index (χ3v) is 3.59. The molecule has 0 aliphatic rings. The highest BCUT2D eigenvalue weighted by Crippen LogP contribution is 2.05. The fourth-order valence-corrected chi connectivity index (χ4v) is 1.79. The van der Waals surface area contributed by atoms with Crippen LogP contribution in [0.3, 0.4) is 0 Å². The first-order chi connectivity index (χ1) is 11.7. The lowest BCUT2D eigenvalue weighted by Gasteiger charge is -2.09. The van der Waals surface area contributed by atoms with Crippen LogP contribution >= 0.6 is 0 Å². The molecule has 0 fully saturated rings. The minimum atomic E-state index is -0.00518. The maximum atomic E-state index is 11.6. The van der Waals surface area contributed by atoms with Gasteiger partial charge in [-0.25, -0.2) is 0 Å². The molecule has 0 spiro atoms. The largest absolute Gasteiger partial charge is 0.380 e. The van der Waals surface area contributed by atoms with Crippen molar-refractivity contribution in [1.82, 2.24) is 5.32 Å². The Balaban J connectivity index is 3.18. The van der Waals surface area contributed by atoms with Gasteiger partial charge in [-0.3, -0.25) is 4.79 Å². The van der Waals surface area contributed by atoms with E-state index in [-0.39, 0.29) is 5.91 Å². The van der Waals surface area contributed by atoms with Crippen LogP contribution in [0.4, 0.5) is 0 Å². The molecule has 0 aliphatic carbocycles. The maximum absolute atomic E-state index is 11.6. The Bertz CT molecular complexity index is 276. The van der Waals surface area contributed by atoms with E-state index < -0.39 is 0 Å². The van der Waals surface area contributed by atoms with E-state index in [0.717, 1.165) is 26.1 Å². The second kappa shape index (κ2) is 18.6. The standard InChI is InChI=1S/C18H37NO5/c1-4-9-21-13-15-24-16-14-23-11-7-18(20)19-8-12-22-10-6-17(3)5-2/h17H,4-16H2,1-3H3,(H,19,20). The van der Waals surface area contributed by atoms with Crippen molar-refractivity contribution in [2.75, 3.05) is 59.4 Å². The highest BCUT2D eigenvalue weighted by molar-refractivity contribution is 5.75. The molecule has 0 aliphatic heterocycles. The molecule has 0 rings (SSSR count). The Morgan fingerprint density at radius 1 is 0.833 bits per heavy atom. The third-order valence-electron chi connectivity index (χ3n) is 3.59. The van der Waals surface area contributed by atoms with Crippen LogP contribution in [0.5, 0.6) is 0 Å². The normalized spacial score (nSPS) is 12.3. The summed E-state index contributed by atoms with van der Waals surface area (Å²) in [5, 5.41) is 2.82. The summed E-state index contributed by atoms with van der Waals surface area (Å²) in [4.78, 5) is 11.6. The van der Waals surface area contributed by atoms with Crippen LogP contribution in [0, 0.1) is 5.92 Å². The molecule has 0 aromatic rings. The van der Waals surface area contributed by atoms with Gasteiger partial charge in [0.1, 0.15) is 0 Å². The number of hydrogen-bond donors (Lipinski definition) is 1. The zero-order valence-corrected chi connectivity index (χ0v) is 15.8. The van der Waals surface area contributed by atoms with Crippen molar-refractivity contribution in [2.45, 2.75) is 46.5 Å². The summed E-state index contributed by atoms with van der Waals surface area (Å²) in [6.45, 7) is 11.8. The van der Waals surface area contributed by atoms with Crippen LogP contribution < -0.4 is 5.32 Å². The summed E-state index contributed by atoms with van der Waals surface area (Å²) in [6.07, 6.45) is 3.64. The number of amides is 1. The molecule has 1 atom stereocenters. The molecule has 0 radical (unpaired) electrons. The summed E-state index contributed by atoms with van der Waals surface area (Å²) in [5.41, 5.74) is 0. The summed E-state index contributed by atoms with van der Waals surface area (Å²) in [7, 11) is 0. The maximum Gasteiger partial charge on any atom is 0.222 e. The predicted octanol–water partition coefficient (Wildman–Crippen LogP) is 2.41. The van der Waals surface area contributed by atoms with E-state index in [9.17, 15) is 4.79 Å². The van der Waals surface area contributed by atoms with Gasteiger partial charge in [0.2, 0.25) is 5.91 Å². The summed E-state index contributed by atoms with van der Waals surface area (Å²) in [6, 6.07) is 0. The fraction of sp³-hybridized carbons (Fsp3) is 0.944. The minimum absolute atomic E-state index is 0.00518. The second-order valence-corrected chi connectivity index (χ2v) is 5.85. The molecule has 0 bridgehead atoms. The molecule has 0 heterocycles. The van der Waals surface area contributed by atoms with Gasteiger partial charge in [-0.2, -0.15) is 0 Å². The van der Waals surface area contributed by atoms with Crippen LogP contribution in [0.15, 0.2) is 0 Å². The Morgan fingerprint density at radius 2 is 1.42 bits per heavy atom. The average Bonchev–Trinajstić information content (AvgIpc) is 2.59. The predicted molar refractivity (Wildman–Crippen MR) is 95.3 cm³/mol. The van der Waals surface area contributed by atoms with Crippen LogP contribution in [0.2, 0.25) is 0 Å². The zero-order chi connectivity index (χ0) is 17.9. The molecular weight excluding hydrogens is 310 g/mol. The third kappa shape index (κ3) is 17.7. The molecule has 1 unspecified atom stereocenters. The van der Waals surface area contributed by atoms with E-state index in [1.165, 1.54) is 6.42 Å². The first-order valence-corrected chi connectivity index (χ1v) is 9.28.